The Hall–Kier alpha value is -1.36. The van der Waals surface area contributed by atoms with Gasteiger partial charge in [-0.3, -0.25) is 0 Å². The van der Waals surface area contributed by atoms with E-state index in [1.165, 1.54) is 19.2 Å². The van der Waals surface area contributed by atoms with E-state index in [1.807, 2.05) is 0 Å². The second kappa shape index (κ2) is 3.09. The number of fused-ring (bicyclic) bond motifs is 1. The molecular formula is C8H10ClN5. The molecule has 0 bridgehead atoms. The lowest BCUT2D eigenvalue weighted by Gasteiger charge is -1.98. The van der Waals surface area contributed by atoms with E-state index in [9.17, 15) is 0 Å². The maximum absolute atomic E-state index is 5.66. The first kappa shape index (κ1) is 9.21. The van der Waals surface area contributed by atoms with Crippen molar-refractivity contribution in [3.05, 3.63) is 12.7 Å². The van der Waals surface area contributed by atoms with E-state index in [0.29, 0.717) is 11.9 Å². The average molecular weight is 212 g/mol. The van der Waals surface area contributed by atoms with Crippen molar-refractivity contribution in [3.8, 4) is 0 Å². The predicted molar refractivity (Wildman–Crippen MR) is 55.3 cm³/mol. The summed E-state index contributed by atoms with van der Waals surface area (Å²) in [5.41, 5.74) is 7.24. The SMILES string of the molecule is Cl.Nc1ncnc2c1ncn2C1CC1. The fraction of sp³-hybridized carbons (Fsp3) is 0.375. The number of aromatic nitrogens is 4. The zero-order chi connectivity index (χ0) is 8.84. The summed E-state index contributed by atoms with van der Waals surface area (Å²) in [5.74, 6) is 0.462. The number of rotatable bonds is 1. The maximum atomic E-state index is 5.66. The summed E-state index contributed by atoms with van der Waals surface area (Å²) in [6.45, 7) is 0. The number of nitrogen functional groups attached to an aromatic ring is 1. The molecule has 74 valence electrons. The van der Waals surface area contributed by atoms with E-state index in [4.69, 9.17) is 5.73 Å². The van der Waals surface area contributed by atoms with Gasteiger partial charge >= 0.3 is 0 Å². The van der Waals surface area contributed by atoms with Crippen LogP contribution < -0.4 is 5.73 Å². The summed E-state index contributed by atoms with van der Waals surface area (Å²) < 4.78 is 2.08. The average Bonchev–Trinajstić information content (AvgIpc) is 2.87. The van der Waals surface area contributed by atoms with Gasteiger partial charge in [0.25, 0.3) is 0 Å². The molecule has 1 aliphatic carbocycles. The number of hydrogen-bond acceptors (Lipinski definition) is 4. The molecule has 3 rings (SSSR count). The third-order valence-corrected chi connectivity index (χ3v) is 2.33. The predicted octanol–water partition coefficient (Wildman–Crippen LogP) is 1.17. The normalized spacial score (nSPS) is 15.4. The highest BCUT2D eigenvalue weighted by molar-refractivity contribution is 5.85. The second-order valence-electron chi connectivity index (χ2n) is 3.31. The molecule has 6 heteroatoms. The molecule has 2 N–H and O–H groups in total. The van der Waals surface area contributed by atoms with Crippen molar-refractivity contribution in [1.29, 1.82) is 0 Å². The number of halogens is 1. The Balaban J connectivity index is 0.000000750. The summed E-state index contributed by atoms with van der Waals surface area (Å²) in [4.78, 5) is 12.3. The molecule has 0 unspecified atom stereocenters. The van der Waals surface area contributed by atoms with Gasteiger partial charge in [-0.25, -0.2) is 15.0 Å². The molecule has 0 spiro atoms. The standard InChI is InChI=1S/C8H9N5.ClH/c9-7-6-8(11-3-10-7)13(4-12-6)5-1-2-5;/h3-5H,1-2H2,(H2,9,10,11);1H. The van der Waals surface area contributed by atoms with Crippen LogP contribution >= 0.6 is 12.4 Å². The van der Waals surface area contributed by atoms with Gasteiger partial charge in [0.15, 0.2) is 11.5 Å². The van der Waals surface area contributed by atoms with Crippen molar-refractivity contribution in [2.75, 3.05) is 5.73 Å². The molecule has 14 heavy (non-hydrogen) atoms. The highest BCUT2D eigenvalue weighted by Gasteiger charge is 2.25. The molecule has 0 radical (unpaired) electrons. The van der Waals surface area contributed by atoms with Crippen molar-refractivity contribution >= 4 is 29.4 Å². The number of imidazole rings is 1. The van der Waals surface area contributed by atoms with Gasteiger partial charge < -0.3 is 10.3 Å². The van der Waals surface area contributed by atoms with E-state index in [0.717, 1.165) is 11.2 Å². The molecule has 2 aromatic heterocycles. The van der Waals surface area contributed by atoms with Gasteiger partial charge in [0, 0.05) is 6.04 Å². The van der Waals surface area contributed by atoms with E-state index < -0.39 is 0 Å². The van der Waals surface area contributed by atoms with Crippen LogP contribution in [0.4, 0.5) is 5.82 Å². The van der Waals surface area contributed by atoms with Crippen LogP contribution in [-0.2, 0) is 0 Å². The Bertz CT molecular complexity index is 462. The molecule has 1 saturated carbocycles. The third kappa shape index (κ3) is 1.21. The summed E-state index contributed by atoms with van der Waals surface area (Å²) in [6.07, 6.45) is 5.72. The van der Waals surface area contributed by atoms with Gasteiger partial charge in [0.2, 0.25) is 0 Å². The fourth-order valence-electron chi connectivity index (χ4n) is 1.49. The van der Waals surface area contributed by atoms with Crippen molar-refractivity contribution < 1.29 is 0 Å². The Kier molecular flexibility index (Phi) is 2.03. The highest BCUT2D eigenvalue weighted by atomic mass is 35.5. The van der Waals surface area contributed by atoms with E-state index >= 15 is 0 Å². The molecule has 5 nitrogen and oxygen atoms in total. The highest BCUT2D eigenvalue weighted by Crippen LogP contribution is 2.36. The first-order valence-electron chi connectivity index (χ1n) is 4.29. The van der Waals surface area contributed by atoms with Gasteiger partial charge in [-0.1, -0.05) is 0 Å². The minimum atomic E-state index is 0. The Morgan fingerprint density at radius 1 is 1.29 bits per heavy atom. The minimum absolute atomic E-state index is 0. The van der Waals surface area contributed by atoms with Crippen LogP contribution in [0.1, 0.15) is 18.9 Å². The van der Waals surface area contributed by atoms with Crippen LogP contribution in [0.15, 0.2) is 12.7 Å². The van der Waals surface area contributed by atoms with Crippen molar-refractivity contribution in [1.82, 2.24) is 19.5 Å². The number of nitrogens with two attached hydrogens (primary N) is 1. The summed E-state index contributed by atoms with van der Waals surface area (Å²) in [7, 11) is 0. The Labute approximate surface area is 86.8 Å². The first-order chi connectivity index (χ1) is 6.36. The molecule has 0 amide bonds. The first-order valence-corrected chi connectivity index (χ1v) is 4.29. The zero-order valence-electron chi connectivity index (χ0n) is 7.42. The lowest BCUT2D eigenvalue weighted by molar-refractivity contribution is 0.756. The summed E-state index contributed by atoms with van der Waals surface area (Å²) in [6, 6.07) is 0.583. The van der Waals surface area contributed by atoms with Crippen LogP contribution in [0.25, 0.3) is 11.2 Å². The third-order valence-electron chi connectivity index (χ3n) is 2.33. The van der Waals surface area contributed by atoms with Crippen LogP contribution in [0, 0.1) is 0 Å². The molecule has 0 aromatic carbocycles. The second-order valence-corrected chi connectivity index (χ2v) is 3.31. The van der Waals surface area contributed by atoms with E-state index in [2.05, 4.69) is 19.5 Å². The lowest BCUT2D eigenvalue weighted by atomic mass is 10.5. The van der Waals surface area contributed by atoms with Crippen LogP contribution in [0.3, 0.4) is 0 Å². The quantitative estimate of drug-likeness (QED) is 0.769. The monoisotopic (exact) mass is 211 g/mol. The molecule has 0 saturated heterocycles. The topological polar surface area (TPSA) is 69.6 Å². The fourth-order valence-corrected chi connectivity index (χ4v) is 1.49. The summed E-state index contributed by atoms with van der Waals surface area (Å²) >= 11 is 0. The van der Waals surface area contributed by atoms with Gasteiger partial charge in [-0.2, -0.15) is 0 Å². The largest absolute Gasteiger partial charge is 0.382 e. The van der Waals surface area contributed by atoms with Gasteiger partial charge in [0.1, 0.15) is 11.8 Å². The Morgan fingerprint density at radius 2 is 2.07 bits per heavy atom. The number of hydrogen-bond donors (Lipinski definition) is 1. The molecule has 0 aliphatic heterocycles. The smallest absolute Gasteiger partial charge is 0.165 e. The molecule has 2 heterocycles. The molecule has 1 fully saturated rings. The summed E-state index contributed by atoms with van der Waals surface area (Å²) in [5, 5.41) is 0. The maximum Gasteiger partial charge on any atom is 0.165 e. The number of anilines is 1. The Morgan fingerprint density at radius 3 is 2.79 bits per heavy atom. The van der Waals surface area contributed by atoms with Gasteiger partial charge in [-0.15, -0.1) is 12.4 Å². The minimum Gasteiger partial charge on any atom is -0.382 e. The van der Waals surface area contributed by atoms with Crippen LogP contribution in [0.5, 0.6) is 0 Å². The van der Waals surface area contributed by atoms with Crippen LogP contribution in [0.2, 0.25) is 0 Å². The molecule has 1 aliphatic rings. The number of nitrogens with zero attached hydrogens (tertiary/aromatic N) is 4. The van der Waals surface area contributed by atoms with Crippen LogP contribution in [-0.4, -0.2) is 19.5 Å². The zero-order valence-corrected chi connectivity index (χ0v) is 8.24. The molecular weight excluding hydrogens is 202 g/mol. The van der Waals surface area contributed by atoms with E-state index in [1.54, 1.807) is 6.33 Å². The molecule has 2 aromatic rings. The van der Waals surface area contributed by atoms with Crippen molar-refractivity contribution in [2.45, 2.75) is 18.9 Å². The van der Waals surface area contributed by atoms with Gasteiger partial charge in [-0.05, 0) is 12.8 Å². The van der Waals surface area contributed by atoms with E-state index in [-0.39, 0.29) is 12.4 Å². The van der Waals surface area contributed by atoms with Crippen molar-refractivity contribution in [2.24, 2.45) is 0 Å². The van der Waals surface area contributed by atoms with Gasteiger partial charge in [0.05, 0.1) is 6.33 Å². The lowest BCUT2D eigenvalue weighted by Crippen LogP contribution is -1.96. The molecule has 0 atom stereocenters. The van der Waals surface area contributed by atoms with Crippen molar-refractivity contribution in [3.63, 3.8) is 0 Å².